The van der Waals surface area contributed by atoms with Crippen LogP contribution in [0.3, 0.4) is 0 Å². The number of nitrogens with zero attached hydrogens (tertiary/aromatic N) is 4. The molecule has 2 N–H and O–H groups in total. The second kappa shape index (κ2) is 13.3. The van der Waals surface area contributed by atoms with Gasteiger partial charge < -0.3 is 25.2 Å². The number of amides is 2. The van der Waals surface area contributed by atoms with Gasteiger partial charge in [0.15, 0.2) is 5.82 Å². The summed E-state index contributed by atoms with van der Waals surface area (Å²) in [6.07, 6.45) is 10.5. The minimum atomic E-state index is -2.27. The number of carbonyl (C=O) groups is 2. The Morgan fingerprint density at radius 2 is 1.80 bits per heavy atom. The number of terminal acetylenes is 1. The van der Waals surface area contributed by atoms with Crippen molar-refractivity contribution in [3.8, 4) is 12.3 Å². The van der Waals surface area contributed by atoms with Crippen LogP contribution in [0.25, 0.3) is 10.9 Å². The number of hydrogen-bond acceptors (Lipinski definition) is 7. The highest BCUT2D eigenvalue weighted by Crippen LogP contribution is 2.45. The Kier molecular flexibility index (Phi) is 9.98. The number of benzene rings is 2. The molecule has 1 saturated carbocycles. The van der Waals surface area contributed by atoms with Crippen molar-refractivity contribution < 1.29 is 18.7 Å². The van der Waals surface area contributed by atoms with E-state index in [0.29, 0.717) is 28.3 Å². The number of halogens is 2. The molecule has 228 valence electrons. The predicted octanol–water partition coefficient (Wildman–Crippen LogP) is 0.0318. The summed E-state index contributed by atoms with van der Waals surface area (Å²) in [7, 11) is 49.6. The number of aromatic nitrogens is 2. The standard InChI is InChI=1S/C24H13B8ClFN5O2.C6H9NO/c1-2-12-9-17-13(20(36-11-35-17)38-15-6-3-5-14(33)19(15)34)10-16(12)37-18(40)7-4-8-39-21(25,26)23(29,30)41-24(31,32)22(39,27)28;1-7-3-4-2-5(4)6(7)8/h1,3-7,9-11H,8H2,(H,37,40)(H,35,36,38);4-5H,2-3H2,1H3/b7-4+;. The van der Waals surface area contributed by atoms with Gasteiger partial charge in [-0.05, 0) is 58.1 Å². The number of ether oxygens (including phenoxy) is 1. The van der Waals surface area contributed by atoms with Crippen LogP contribution in [0, 0.1) is 30.0 Å². The molecule has 2 aromatic carbocycles. The molecule has 3 aromatic rings. The molecule has 1 aliphatic carbocycles. The van der Waals surface area contributed by atoms with Crippen molar-refractivity contribution in [2.75, 3.05) is 30.8 Å². The Morgan fingerprint density at radius 1 is 1.12 bits per heavy atom. The molecule has 3 fully saturated rings. The van der Waals surface area contributed by atoms with Gasteiger partial charge in [-0.25, -0.2) is 14.4 Å². The Hall–Kier alpha value is -3.52. The van der Waals surface area contributed by atoms with Crippen molar-refractivity contribution in [2.24, 2.45) is 11.8 Å². The van der Waals surface area contributed by atoms with Gasteiger partial charge in [-0.2, -0.15) is 0 Å². The lowest BCUT2D eigenvalue weighted by Gasteiger charge is -2.70. The summed E-state index contributed by atoms with van der Waals surface area (Å²) in [6.45, 7) is 0.736. The average Bonchev–Trinajstić information content (AvgIpc) is 3.72. The van der Waals surface area contributed by atoms with E-state index in [2.05, 4.69) is 26.5 Å². The molecule has 2 amide bonds. The van der Waals surface area contributed by atoms with Gasteiger partial charge in [0, 0.05) is 37.5 Å². The van der Waals surface area contributed by atoms with Gasteiger partial charge in [0.05, 0.1) is 90.2 Å². The molecule has 16 radical (unpaired) electrons. The summed E-state index contributed by atoms with van der Waals surface area (Å²) in [5, 5.41) is -2.99. The zero-order chi connectivity index (χ0) is 36.1. The molecule has 9 nitrogen and oxygen atoms in total. The Bertz CT molecular complexity index is 1860. The number of morpholine rings is 1. The minimum absolute atomic E-state index is 0.0740. The first kappa shape index (κ1) is 36.8. The van der Waals surface area contributed by atoms with E-state index in [-0.39, 0.29) is 28.8 Å². The number of piperidine rings is 1. The maximum atomic E-state index is 14.5. The van der Waals surface area contributed by atoms with Crippen LogP contribution < -0.4 is 10.6 Å². The van der Waals surface area contributed by atoms with Gasteiger partial charge >= 0.3 is 0 Å². The van der Waals surface area contributed by atoms with Gasteiger partial charge in [0.25, 0.3) is 0 Å². The van der Waals surface area contributed by atoms with Crippen molar-refractivity contribution >= 4 is 114 Å². The molecule has 3 aliphatic rings. The lowest BCUT2D eigenvalue weighted by molar-refractivity contribution is -0.128. The molecule has 0 bridgehead atoms. The quantitative estimate of drug-likeness (QED) is 0.220. The van der Waals surface area contributed by atoms with Crippen molar-refractivity contribution in [2.45, 2.75) is 27.9 Å². The van der Waals surface area contributed by atoms with Crippen molar-refractivity contribution in [3.05, 3.63) is 65.2 Å². The normalized spacial score (nSPS) is 22.8. The van der Waals surface area contributed by atoms with Gasteiger partial charge in [0.1, 0.15) is 12.1 Å². The van der Waals surface area contributed by atoms with E-state index in [0.717, 1.165) is 23.4 Å². The molecule has 2 aliphatic heterocycles. The third kappa shape index (κ3) is 7.08. The highest BCUT2D eigenvalue weighted by atomic mass is 35.5. The fourth-order valence-corrected chi connectivity index (χ4v) is 5.72. The van der Waals surface area contributed by atoms with E-state index in [4.69, 9.17) is 85.5 Å². The second-order valence-electron chi connectivity index (χ2n) is 12.2. The van der Waals surface area contributed by atoms with E-state index in [9.17, 15) is 14.0 Å². The summed E-state index contributed by atoms with van der Waals surface area (Å²) >= 11 is 5.89. The first-order valence-electron chi connectivity index (χ1n) is 14.8. The molecule has 2 atom stereocenters. The molecule has 2 saturated heterocycles. The Morgan fingerprint density at radius 3 is 2.37 bits per heavy atom. The highest BCUT2D eigenvalue weighted by molar-refractivity contribution is 6.59. The van der Waals surface area contributed by atoms with Gasteiger partial charge in [-0.3, -0.25) is 9.59 Å². The molecule has 49 heavy (non-hydrogen) atoms. The molecule has 19 heteroatoms. The number of carbonyl (C=O) groups excluding carboxylic acids is 2. The van der Waals surface area contributed by atoms with Crippen LogP contribution in [0.4, 0.5) is 21.6 Å². The van der Waals surface area contributed by atoms with Crippen LogP contribution in [0.5, 0.6) is 0 Å². The summed E-state index contributed by atoms with van der Waals surface area (Å²) in [6, 6.07) is 7.56. The molecule has 3 heterocycles. The van der Waals surface area contributed by atoms with E-state index in [1.54, 1.807) is 12.1 Å². The predicted molar refractivity (Wildman–Crippen MR) is 194 cm³/mol. The Balaban J connectivity index is 0.000000505. The largest absolute Gasteiger partial charge is 0.406 e. The lowest BCUT2D eigenvalue weighted by atomic mass is 9.30. The minimum Gasteiger partial charge on any atom is -0.406 e. The van der Waals surface area contributed by atoms with Crippen LogP contribution in [0.15, 0.2) is 48.8 Å². The maximum absolute atomic E-state index is 14.5. The zero-order valence-electron chi connectivity index (χ0n) is 26.4. The summed E-state index contributed by atoms with van der Waals surface area (Å²) in [4.78, 5) is 34.9. The van der Waals surface area contributed by atoms with Gasteiger partial charge in [-0.15, -0.1) is 6.42 Å². The van der Waals surface area contributed by atoms with E-state index >= 15 is 0 Å². The molecule has 2 unspecified atom stereocenters. The van der Waals surface area contributed by atoms with Crippen LogP contribution in [-0.2, 0) is 14.3 Å². The second-order valence-corrected chi connectivity index (χ2v) is 12.6. The fraction of sp³-hybridized carbons (Fsp3) is 0.333. The third-order valence-corrected chi connectivity index (χ3v) is 8.85. The number of anilines is 3. The first-order valence-corrected chi connectivity index (χ1v) is 15.2. The van der Waals surface area contributed by atoms with Crippen molar-refractivity contribution in [3.63, 3.8) is 0 Å². The number of rotatable bonds is 6. The monoisotopic (exact) mass is 656 g/mol. The van der Waals surface area contributed by atoms with Crippen LogP contribution in [0.1, 0.15) is 12.0 Å². The van der Waals surface area contributed by atoms with E-state index in [1.165, 1.54) is 37.0 Å². The molecule has 1 aromatic heterocycles. The van der Waals surface area contributed by atoms with Crippen LogP contribution in [-0.4, -0.2) is 136 Å². The van der Waals surface area contributed by atoms with Gasteiger partial charge in [-0.1, -0.05) is 29.7 Å². The average molecular weight is 655 g/mol. The summed E-state index contributed by atoms with van der Waals surface area (Å²) in [5.74, 6) is 2.99. The summed E-state index contributed by atoms with van der Waals surface area (Å²) in [5.41, 5.74) is 1.06. The SMILES string of the molecule is CN1CC2CC2C1=O.[B]C1([B])OC([B])([B])C([B])([B])N(C/C=C/C(=O)Nc2cc3c(Nc4cccc(Cl)c4F)ncnc3cc2C#C)C1([B])[B]. The van der Waals surface area contributed by atoms with E-state index in [1.807, 2.05) is 11.9 Å². The molecule has 0 spiro atoms. The zero-order valence-corrected chi connectivity index (χ0v) is 27.1. The van der Waals surface area contributed by atoms with Crippen LogP contribution >= 0.6 is 11.6 Å². The third-order valence-electron chi connectivity index (χ3n) is 8.56. The fourth-order valence-electron chi connectivity index (χ4n) is 5.54. The number of fused-ring (bicyclic) bond motifs is 2. The smallest absolute Gasteiger partial charge is 0.248 e. The summed E-state index contributed by atoms with van der Waals surface area (Å²) < 4.78 is 19.6. The highest BCUT2D eigenvalue weighted by Gasteiger charge is 2.56. The lowest BCUT2D eigenvalue weighted by Crippen LogP contribution is -2.85. The first-order chi connectivity index (χ1) is 22.8. The van der Waals surface area contributed by atoms with Crippen LogP contribution in [0.2, 0.25) is 5.02 Å². The molecular formula is C30H22B8ClFN6O3. The topological polar surface area (TPSA) is 99.7 Å². The number of likely N-dealkylation sites (tertiary alicyclic amines) is 1. The Labute approximate surface area is 299 Å². The van der Waals surface area contributed by atoms with Crippen molar-refractivity contribution in [1.82, 2.24) is 19.8 Å². The molecular weight excluding hydrogens is 633 g/mol. The van der Waals surface area contributed by atoms with E-state index < -0.39 is 33.2 Å². The van der Waals surface area contributed by atoms with Gasteiger partial charge in [0.2, 0.25) is 11.8 Å². The molecule has 6 rings (SSSR count). The van der Waals surface area contributed by atoms with Crippen molar-refractivity contribution in [1.29, 1.82) is 0 Å². The maximum Gasteiger partial charge on any atom is 0.248 e. The number of hydrogen-bond donors (Lipinski definition) is 2. The number of nitrogens with one attached hydrogen (secondary N) is 2.